The number of aromatic nitrogens is 2. The molecule has 188 valence electrons. The quantitative estimate of drug-likeness (QED) is 0.572. The highest BCUT2D eigenvalue weighted by atomic mass is 19.1. The number of hydrogen-bond acceptors (Lipinski definition) is 6. The van der Waals surface area contributed by atoms with Gasteiger partial charge in [-0.05, 0) is 67.6 Å². The van der Waals surface area contributed by atoms with Crippen molar-refractivity contribution in [1.82, 2.24) is 14.9 Å². The van der Waals surface area contributed by atoms with E-state index in [4.69, 9.17) is 9.47 Å². The summed E-state index contributed by atoms with van der Waals surface area (Å²) in [6.45, 7) is 6.89. The van der Waals surface area contributed by atoms with Crippen LogP contribution in [0.2, 0.25) is 0 Å². The summed E-state index contributed by atoms with van der Waals surface area (Å²) in [7, 11) is 0. The van der Waals surface area contributed by atoms with Gasteiger partial charge in [0.2, 0.25) is 11.9 Å². The molecular formula is C27H35FN4O3. The Hall–Kier alpha value is -2.74. The molecule has 3 heterocycles. The SMILES string of the molecule is Cc1cnc(N2CCC([C@H]3C[C@H]3CCOc3ccc(CC(=O)N4CCOCC4)c(F)c3)CC2)nc1. The van der Waals surface area contributed by atoms with Gasteiger partial charge in [0.1, 0.15) is 11.6 Å². The van der Waals surface area contributed by atoms with Gasteiger partial charge in [0.05, 0.1) is 26.2 Å². The molecule has 2 saturated heterocycles. The Morgan fingerprint density at radius 1 is 1.14 bits per heavy atom. The maximum Gasteiger partial charge on any atom is 0.227 e. The van der Waals surface area contributed by atoms with Crippen molar-refractivity contribution >= 4 is 11.9 Å². The second-order valence-electron chi connectivity index (χ2n) is 10.1. The van der Waals surface area contributed by atoms with E-state index in [1.807, 2.05) is 19.3 Å². The van der Waals surface area contributed by atoms with Gasteiger partial charge in [0.15, 0.2) is 0 Å². The number of nitrogens with zero attached hydrogens (tertiary/aromatic N) is 4. The van der Waals surface area contributed by atoms with Crippen molar-refractivity contribution in [2.75, 3.05) is 50.9 Å². The third-order valence-corrected chi connectivity index (χ3v) is 7.66. The molecule has 5 rings (SSSR count). The Bertz CT molecular complexity index is 1000. The summed E-state index contributed by atoms with van der Waals surface area (Å²) in [6.07, 6.45) is 8.50. The van der Waals surface area contributed by atoms with Crippen LogP contribution in [-0.2, 0) is 16.0 Å². The zero-order valence-electron chi connectivity index (χ0n) is 20.5. The van der Waals surface area contributed by atoms with Gasteiger partial charge in [-0.25, -0.2) is 14.4 Å². The van der Waals surface area contributed by atoms with Crippen LogP contribution in [-0.4, -0.2) is 66.8 Å². The van der Waals surface area contributed by atoms with E-state index in [0.29, 0.717) is 50.1 Å². The molecule has 2 aliphatic heterocycles. The maximum absolute atomic E-state index is 14.6. The van der Waals surface area contributed by atoms with E-state index in [0.717, 1.165) is 42.9 Å². The first kappa shape index (κ1) is 24.0. The first-order valence-electron chi connectivity index (χ1n) is 12.9. The van der Waals surface area contributed by atoms with Crippen LogP contribution in [0.15, 0.2) is 30.6 Å². The van der Waals surface area contributed by atoms with Gasteiger partial charge in [-0.15, -0.1) is 0 Å². The Kier molecular flexibility index (Phi) is 7.46. The Morgan fingerprint density at radius 3 is 2.60 bits per heavy atom. The Balaban J connectivity index is 1.02. The minimum absolute atomic E-state index is 0.0575. The molecule has 2 atom stereocenters. The van der Waals surface area contributed by atoms with Gasteiger partial charge < -0.3 is 19.3 Å². The van der Waals surface area contributed by atoms with Crippen molar-refractivity contribution < 1.29 is 18.7 Å². The van der Waals surface area contributed by atoms with Crippen molar-refractivity contribution in [1.29, 1.82) is 0 Å². The van der Waals surface area contributed by atoms with E-state index < -0.39 is 0 Å². The van der Waals surface area contributed by atoms with Crippen LogP contribution in [0.5, 0.6) is 5.75 Å². The molecule has 3 aliphatic rings. The van der Waals surface area contributed by atoms with Crippen LogP contribution in [0.3, 0.4) is 0 Å². The van der Waals surface area contributed by atoms with Crippen molar-refractivity contribution in [2.45, 2.75) is 39.0 Å². The summed E-state index contributed by atoms with van der Waals surface area (Å²) < 4.78 is 25.7. The fraction of sp³-hybridized carbons (Fsp3) is 0.593. The average molecular weight is 483 g/mol. The van der Waals surface area contributed by atoms with Crippen LogP contribution in [0.4, 0.5) is 10.3 Å². The molecule has 35 heavy (non-hydrogen) atoms. The average Bonchev–Trinajstić information content (AvgIpc) is 3.66. The molecule has 0 radical (unpaired) electrons. The molecule has 0 N–H and O–H groups in total. The molecule has 0 spiro atoms. The topological polar surface area (TPSA) is 67.8 Å². The third-order valence-electron chi connectivity index (χ3n) is 7.66. The molecule has 8 heteroatoms. The summed E-state index contributed by atoms with van der Waals surface area (Å²) >= 11 is 0. The van der Waals surface area contributed by atoms with Gasteiger partial charge in [-0.1, -0.05) is 6.07 Å². The summed E-state index contributed by atoms with van der Waals surface area (Å²) in [5, 5.41) is 0. The molecule has 1 amide bonds. The zero-order valence-corrected chi connectivity index (χ0v) is 20.5. The summed E-state index contributed by atoms with van der Waals surface area (Å²) in [5.41, 5.74) is 1.50. The number of benzene rings is 1. The summed E-state index contributed by atoms with van der Waals surface area (Å²) in [4.78, 5) is 25.3. The third kappa shape index (κ3) is 6.10. The van der Waals surface area contributed by atoms with E-state index in [1.165, 1.54) is 25.3 Å². The van der Waals surface area contributed by atoms with E-state index in [9.17, 15) is 9.18 Å². The number of carbonyl (C=O) groups is 1. The molecule has 1 saturated carbocycles. The lowest BCUT2D eigenvalue weighted by molar-refractivity contribution is -0.134. The van der Waals surface area contributed by atoms with Gasteiger partial charge in [0, 0.05) is 44.6 Å². The van der Waals surface area contributed by atoms with E-state index in [2.05, 4.69) is 14.9 Å². The molecule has 3 fully saturated rings. The molecule has 2 aromatic rings. The predicted molar refractivity (Wildman–Crippen MR) is 131 cm³/mol. The minimum atomic E-state index is -0.377. The fourth-order valence-electron chi connectivity index (χ4n) is 5.43. The van der Waals surface area contributed by atoms with Gasteiger partial charge in [-0.3, -0.25) is 4.79 Å². The number of ether oxygens (including phenoxy) is 2. The van der Waals surface area contributed by atoms with Gasteiger partial charge in [-0.2, -0.15) is 0 Å². The number of aryl methyl sites for hydroxylation is 1. The molecule has 1 aromatic heterocycles. The van der Waals surface area contributed by atoms with Crippen molar-refractivity contribution in [3.8, 4) is 5.75 Å². The van der Waals surface area contributed by atoms with E-state index in [-0.39, 0.29) is 18.1 Å². The highest BCUT2D eigenvalue weighted by molar-refractivity contribution is 5.79. The summed E-state index contributed by atoms with van der Waals surface area (Å²) in [5.74, 6) is 3.20. The lowest BCUT2D eigenvalue weighted by Crippen LogP contribution is -2.41. The van der Waals surface area contributed by atoms with Crippen LogP contribution in [0.1, 0.15) is 36.8 Å². The highest BCUT2D eigenvalue weighted by Crippen LogP contribution is 2.49. The highest BCUT2D eigenvalue weighted by Gasteiger charge is 2.43. The second-order valence-corrected chi connectivity index (χ2v) is 10.1. The van der Waals surface area contributed by atoms with Crippen LogP contribution < -0.4 is 9.64 Å². The number of rotatable bonds is 8. The normalized spacial score (nSPS) is 22.8. The number of carbonyl (C=O) groups excluding carboxylic acids is 1. The maximum atomic E-state index is 14.6. The lowest BCUT2D eigenvalue weighted by atomic mass is 9.90. The molecule has 1 aliphatic carbocycles. The monoisotopic (exact) mass is 482 g/mol. The Morgan fingerprint density at radius 2 is 1.89 bits per heavy atom. The number of halogens is 1. The smallest absolute Gasteiger partial charge is 0.227 e. The Labute approximate surface area is 206 Å². The first-order chi connectivity index (χ1) is 17.1. The summed E-state index contributed by atoms with van der Waals surface area (Å²) in [6, 6.07) is 4.86. The van der Waals surface area contributed by atoms with Gasteiger partial charge in [0.25, 0.3) is 0 Å². The number of piperidine rings is 1. The second kappa shape index (κ2) is 10.9. The van der Waals surface area contributed by atoms with Crippen molar-refractivity contribution in [3.63, 3.8) is 0 Å². The van der Waals surface area contributed by atoms with Crippen molar-refractivity contribution in [2.24, 2.45) is 17.8 Å². The molecule has 7 nitrogen and oxygen atoms in total. The van der Waals surface area contributed by atoms with E-state index in [1.54, 1.807) is 17.0 Å². The van der Waals surface area contributed by atoms with E-state index >= 15 is 0 Å². The molecule has 0 unspecified atom stereocenters. The zero-order chi connectivity index (χ0) is 24.2. The standard InChI is InChI=1S/C27H35FN4O3/c1-19-17-29-27(30-18-19)32-7-4-20(5-8-32)24-14-21(24)6-11-35-23-3-2-22(25(28)16-23)15-26(33)31-9-12-34-13-10-31/h2-3,16-18,20-21,24H,4-15H2,1H3/t21-,24-/m1/s1. The largest absolute Gasteiger partial charge is 0.493 e. The fourth-order valence-corrected chi connectivity index (χ4v) is 5.43. The predicted octanol–water partition coefficient (Wildman–Crippen LogP) is 3.65. The first-order valence-corrected chi connectivity index (χ1v) is 12.9. The minimum Gasteiger partial charge on any atom is -0.493 e. The molecule has 1 aromatic carbocycles. The van der Waals surface area contributed by atoms with Gasteiger partial charge >= 0.3 is 0 Å². The molecular weight excluding hydrogens is 447 g/mol. The number of anilines is 1. The number of amides is 1. The van der Waals surface area contributed by atoms with Crippen LogP contribution in [0.25, 0.3) is 0 Å². The number of morpholine rings is 1. The van der Waals surface area contributed by atoms with Crippen LogP contribution >= 0.6 is 0 Å². The number of hydrogen-bond donors (Lipinski definition) is 0. The lowest BCUT2D eigenvalue weighted by Gasteiger charge is -2.32. The van der Waals surface area contributed by atoms with Crippen molar-refractivity contribution in [3.05, 3.63) is 47.5 Å². The molecule has 0 bridgehead atoms. The van der Waals surface area contributed by atoms with Crippen LogP contribution in [0, 0.1) is 30.5 Å².